The summed E-state index contributed by atoms with van der Waals surface area (Å²) in [6, 6.07) is 10.6. The Kier molecular flexibility index (Phi) is 3.99. The molecule has 0 atom stereocenters. The molecule has 2 rings (SSSR count). The lowest BCUT2D eigenvalue weighted by Gasteiger charge is -2.04. The lowest BCUT2D eigenvalue weighted by atomic mass is 10.2. The average Bonchev–Trinajstić information content (AvgIpc) is 2.85. The topological polar surface area (TPSA) is 46.5 Å². The minimum atomic E-state index is -0.924. The fraction of sp³-hybridized carbons (Fsp3) is 0.214. The number of benzene rings is 1. The molecule has 1 heterocycles. The average molecular weight is 262 g/mol. The molecule has 3 nitrogen and oxygen atoms in total. The number of thiophene rings is 1. The Morgan fingerprint density at radius 2 is 1.83 bits per heavy atom. The molecule has 0 fully saturated rings. The molecule has 0 saturated heterocycles. The maximum Gasteiger partial charge on any atom is 0.335 e. The van der Waals surface area contributed by atoms with Gasteiger partial charge in [-0.2, -0.15) is 0 Å². The highest BCUT2D eigenvalue weighted by Gasteiger charge is 2.03. The minimum absolute atomic E-state index is 0.270. The molecule has 0 unspecified atom stereocenters. The highest BCUT2D eigenvalue weighted by molar-refractivity contribution is 7.11. The van der Waals surface area contributed by atoms with E-state index in [2.05, 4.69) is 19.1 Å². The van der Waals surface area contributed by atoms with E-state index in [0.29, 0.717) is 12.4 Å². The second-order valence-corrected chi connectivity index (χ2v) is 5.09. The minimum Gasteiger partial charge on any atom is -0.488 e. The summed E-state index contributed by atoms with van der Waals surface area (Å²) < 4.78 is 5.60. The van der Waals surface area contributed by atoms with Crippen molar-refractivity contribution in [1.29, 1.82) is 0 Å². The van der Waals surface area contributed by atoms with E-state index in [-0.39, 0.29) is 5.56 Å². The Morgan fingerprint density at radius 3 is 2.39 bits per heavy atom. The Balaban J connectivity index is 1.95. The third kappa shape index (κ3) is 3.11. The van der Waals surface area contributed by atoms with Crippen molar-refractivity contribution in [2.45, 2.75) is 20.0 Å². The van der Waals surface area contributed by atoms with Gasteiger partial charge in [0, 0.05) is 9.75 Å². The van der Waals surface area contributed by atoms with Gasteiger partial charge in [-0.15, -0.1) is 11.3 Å². The molecule has 0 saturated carbocycles. The van der Waals surface area contributed by atoms with E-state index >= 15 is 0 Å². The van der Waals surface area contributed by atoms with Crippen LogP contribution < -0.4 is 4.74 Å². The summed E-state index contributed by atoms with van der Waals surface area (Å²) in [6.45, 7) is 2.65. The van der Waals surface area contributed by atoms with Gasteiger partial charge in [0.25, 0.3) is 0 Å². The number of carboxylic acid groups (broad SMARTS) is 1. The van der Waals surface area contributed by atoms with Crippen molar-refractivity contribution >= 4 is 17.3 Å². The zero-order valence-electron chi connectivity index (χ0n) is 10.1. The first-order valence-corrected chi connectivity index (χ1v) is 6.54. The van der Waals surface area contributed by atoms with Gasteiger partial charge in [0.1, 0.15) is 12.4 Å². The highest BCUT2D eigenvalue weighted by atomic mass is 32.1. The summed E-state index contributed by atoms with van der Waals surface area (Å²) >= 11 is 1.74. The van der Waals surface area contributed by atoms with Crippen LogP contribution in [-0.2, 0) is 13.0 Å². The van der Waals surface area contributed by atoms with Crippen molar-refractivity contribution in [3.8, 4) is 5.75 Å². The SMILES string of the molecule is CCc1ccc(COc2ccc(C(=O)O)cc2)s1. The summed E-state index contributed by atoms with van der Waals surface area (Å²) in [5, 5.41) is 8.77. The highest BCUT2D eigenvalue weighted by Crippen LogP contribution is 2.20. The maximum atomic E-state index is 10.7. The molecule has 0 aliphatic carbocycles. The van der Waals surface area contributed by atoms with E-state index in [0.717, 1.165) is 6.42 Å². The van der Waals surface area contributed by atoms with Crippen LogP contribution in [0, 0.1) is 0 Å². The second-order valence-electron chi connectivity index (χ2n) is 3.84. The number of rotatable bonds is 5. The lowest BCUT2D eigenvalue weighted by molar-refractivity contribution is 0.0697. The fourth-order valence-electron chi connectivity index (χ4n) is 1.54. The molecule has 1 aromatic carbocycles. The molecule has 0 amide bonds. The van der Waals surface area contributed by atoms with Crippen LogP contribution in [-0.4, -0.2) is 11.1 Å². The Labute approximate surface area is 110 Å². The van der Waals surface area contributed by atoms with Gasteiger partial charge in [-0.3, -0.25) is 0 Å². The van der Waals surface area contributed by atoms with Gasteiger partial charge >= 0.3 is 5.97 Å². The summed E-state index contributed by atoms with van der Waals surface area (Å²) in [5.41, 5.74) is 0.270. The standard InChI is InChI=1S/C14H14O3S/c1-2-12-7-8-13(18-12)9-17-11-5-3-10(4-6-11)14(15)16/h3-8H,2,9H2,1H3,(H,15,16). The van der Waals surface area contributed by atoms with Crippen molar-refractivity contribution in [1.82, 2.24) is 0 Å². The molecular weight excluding hydrogens is 248 g/mol. The van der Waals surface area contributed by atoms with Crippen LogP contribution >= 0.6 is 11.3 Å². The van der Waals surface area contributed by atoms with E-state index < -0.39 is 5.97 Å². The van der Waals surface area contributed by atoms with Crippen LogP contribution in [0.5, 0.6) is 5.75 Å². The number of aromatic carboxylic acids is 1. The summed E-state index contributed by atoms with van der Waals surface area (Å²) in [5.74, 6) is -0.237. The van der Waals surface area contributed by atoms with Gasteiger partial charge in [0.05, 0.1) is 5.56 Å². The van der Waals surface area contributed by atoms with Crippen molar-refractivity contribution in [2.24, 2.45) is 0 Å². The van der Waals surface area contributed by atoms with E-state index in [1.54, 1.807) is 35.6 Å². The van der Waals surface area contributed by atoms with Crippen molar-refractivity contribution in [3.05, 3.63) is 51.7 Å². The zero-order valence-corrected chi connectivity index (χ0v) is 10.9. The van der Waals surface area contributed by atoms with Crippen LogP contribution in [0.2, 0.25) is 0 Å². The Hall–Kier alpha value is -1.81. The molecule has 1 aromatic heterocycles. The van der Waals surface area contributed by atoms with E-state index in [1.165, 1.54) is 9.75 Å². The van der Waals surface area contributed by atoms with Crippen molar-refractivity contribution in [2.75, 3.05) is 0 Å². The first kappa shape index (κ1) is 12.6. The third-order valence-electron chi connectivity index (χ3n) is 2.55. The number of aryl methyl sites for hydroxylation is 1. The maximum absolute atomic E-state index is 10.7. The van der Waals surface area contributed by atoms with Crippen molar-refractivity contribution < 1.29 is 14.6 Å². The van der Waals surface area contributed by atoms with Gasteiger partial charge < -0.3 is 9.84 Å². The smallest absolute Gasteiger partial charge is 0.335 e. The normalized spacial score (nSPS) is 10.3. The predicted molar refractivity (Wildman–Crippen MR) is 71.4 cm³/mol. The molecule has 94 valence electrons. The van der Waals surface area contributed by atoms with Crippen molar-refractivity contribution in [3.63, 3.8) is 0 Å². The number of ether oxygens (including phenoxy) is 1. The molecule has 2 aromatic rings. The van der Waals surface area contributed by atoms with Gasteiger partial charge in [0.2, 0.25) is 0 Å². The quantitative estimate of drug-likeness (QED) is 0.895. The van der Waals surface area contributed by atoms with Crippen LogP contribution in [0.25, 0.3) is 0 Å². The molecular formula is C14H14O3S. The molecule has 4 heteroatoms. The molecule has 0 spiro atoms. The van der Waals surface area contributed by atoms with E-state index in [4.69, 9.17) is 9.84 Å². The van der Waals surface area contributed by atoms with E-state index in [9.17, 15) is 4.79 Å². The molecule has 0 radical (unpaired) electrons. The van der Waals surface area contributed by atoms with Crippen LogP contribution in [0.1, 0.15) is 27.0 Å². The third-order valence-corrected chi connectivity index (χ3v) is 3.75. The van der Waals surface area contributed by atoms with Gasteiger partial charge in [-0.25, -0.2) is 4.79 Å². The largest absolute Gasteiger partial charge is 0.488 e. The molecule has 0 bridgehead atoms. The molecule has 18 heavy (non-hydrogen) atoms. The Bertz CT molecular complexity index is 528. The van der Waals surface area contributed by atoms with E-state index in [1.807, 2.05) is 0 Å². The predicted octanol–water partition coefficient (Wildman–Crippen LogP) is 3.59. The first-order valence-electron chi connectivity index (χ1n) is 5.73. The number of hydrogen-bond donors (Lipinski definition) is 1. The van der Waals surface area contributed by atoms with Gasteiger partial charge in [-0.1, -0.05) is 6.92 Å². The first-order chi connectivity index (χ1) is 8.69. The zero-order chi connectivity index (χ0) is 13.0. The van der Waals surface area contributed by atoms with Crippen LogP contribution in [0.4, 0.5) is 0 Å². The molecule has 0 aliphatic rings. The number of carboxylic acids is 1. The Morgan fingerprint density at radius 1 is 1.17 bits per heavy atom. The monoisotopic (exact) mass is 262 g/mol. The summed E-state index contributed by atoms with van der Waals surface area (Å²) in [7, 11) is 0. The lowest BCUT2D eigenvalue weighted by Crippen LogP contribution is -1.97. The molecule has 1 N–H and O–H groups in total. The van der Waals surface area contributed by atoms with Gasteiger partial charge in [0.15, 0.2) is 0 Å². The number of carbonyl (C=O) groups is 1. The summed E-state index contributed by atoms with van der Waals surface area (Å²) in [4.78, 5) is 13.2. The van der Waals surface area contributed by atoms with Crippen LogP contribution in [0.3, 0.4) is 0 Å². The van der Waals surface area contributed by atoms with Gasteiger partial charge in [-0.05, 0) is 42.8 Å². The number of hydrogen-bond acceptors (Lipinski definition) is 3. The van der Waals surface area contributed by atoms with Crippen LogP contribution in [0.15, 0.2) is 36.4 Å². The second kappa shape index (κ2) is 5.69. The summed E-state index contributed by atoms with van der Waals surface area (Å²) in [6.07, 6.45) is 1.04. The molecule has 0 aliphatic heterocycles. The fourth-order valence-corrected chi connectivity index (χ4v) is 2.41.